The molecule has 3 aliphatic rings. The summed E-state index contributed by atoms with van der Waals surface area (Å²) in [5, 5.41) is 12.2. The molecule has 1 saturated carbocycles. The zero-order valence-electron chi connectivity index (χ0n) is 15.3. The molecule has 0 bridgehead atoms. The molecule has 1 aromatic rings. The van der Waals surface area contributed by atoms with Crippen LogP contribution in [0, 0.1) is 5.92 Å². The lowest BCUT2D eigenvalue weighted by Gasteiger charge is -2.34. The highest BCUT2D eigenvalue weighted by Gasteiger charge is 2.26. The van der Waals surface area contributed by atoms with Crippen molar-refractivity contribution in [3.05, 3.63) is 11.6 Å². The van der Waals surface area contributed by atoms with Crippen LogP contribution in [0.15, 0.2) is 4.99 Å². The van der Waals surface area contributed by atoms with E-state index in [9.17, 15) is 0 Å². The van der Waals surface area contributed by atoms with Gasteiger partial charge in [-0.2, -0.15) is 0 Å². The summed E-state index contributed by atoms with van der Waals surface area (Å²) in [6.07, 6.45) is 8.84. The van der Waals surface area contributed by atoms with Gasteiger partial charge >= 0.3 is 0 Å². The third kappa shape index (κ3) is 4.14. The number of likely N-dealkylation sites (tertiary alicyclic amines) is 1. The fraction of sp³-hybridized carbons (Fsp3) is 0.833. The van der Waals surface area contributed by atoms with Crippen LogP contribution in [-0.2, 0) is 24.2 Å². The summed E-state index contributed by atoms with van der Waals surface area (Å²) in [6.45, 7) is 4.72. The number of aryl methyl sites for hydroxylation is 1. The molecule has 1 saturated heterocycles. The van der Waals surface area contributed by atoms with Crippen molar-refractivity contribution in [3.63, 3.8) is 0 Å². The number of ether oxygens (including phenoxy) is 1. The molecule has 1 N–H and O–H groups in total. The molecular formula is C18H30N6O. The molecule has 3 heterocycles. The van der Waals surface area contributed by atoms with Gasteiger partial charge in [0.25, 0.3) is 0 Å². The largest absolute Gasteiger partial charge is 0.378 e. The maximum atomic E-state index is 6.04. The zero-order chi connectivity index (χ0) is 17.1. The zero-order valence-corrected chi connectivity index (χ0v) is 15.3. The van der Waals surface area contributed by atoms with Crippen molar-refractivity contribution in [2.45, 2.75) is 64.1 Å². The monoisotopic (exact) mass is 346 g/mol. The Morgan fingerprint density at radius 1 is 1.16 bits per heavy atom. The summed E-state index contributed by atoms with van der Waals surface area (Å²) in [7, 11) is 1.86. The molecule has 2 aliphatic heterocycles. The first-order valence-electron chi connectivity index (χ1n) is 9.81. The summed E-state index contributed by atoms with van der Waals surface area (Å²) < 4.78 is 8.31. The fourth-order valence-electron chi connectivity index (χ4n) is 3.78. The predicted octanol–water partition coefficient (Wildman–Crippen LogP) is 1.58. The number of aromatic nitrogens is 3. The number of guanidine groups is 1. The number of hydrogen-bond acceptors (Lipinski definition) is 4. The molecular weight excluding hydrogens is 316 g/mol. The number of fused-ring (bicyclic) bond motifs is 1. The molecule has 0 unspecified atom stereocenters. The molecule has 7 heteroatoms. The van der Waals surface area contributed by atoms with Crippen molar-refractivity contribution >= 4 is 5.96 Å². The molecule has 1 aromatic heterocycles. The van der Waals surface area contributed by atoms with Crippen LogP contribution in [0.25, 0.3) is 0 Å². The van der Waals surface area contributed by atoms with Crippen LogP contribution in [0.5, 0.6) is 0 Å². The van der Waals surface area contributed by atoms with Gasteiger partial charge in [-0.05, 0) is 44.4 Å². The van der Waals surface area contributed by atoms with Crippen molar-refractivity contribution in [1.82, 2.24) is 25.0 Å². The van der Waals surface area contributed by atoms with Crippen LogP contribution in [0.4, 0.5) is 0 Å². The Labute approximate surface area is 149 Å². The van der Waals surface area contributed by atoms with Gasteiger partial charge in [-0.15, -0.1) is 10.2 Å². The standard InChI is InChI=1S/C18H30N6O/c1-19-18(20-12-17-22-21-16-4-2-3-9-24(16)17)23-10-7-15(8-11-23)25-13-14-5-6-14/h14-15H,2-13H2,1H3,(H,19,20). The highest BCUT2D eigenvalue weighted by Crippen LogP contribution is 2.30. The number of hydrogen-bond donors (Lipinski definition) is 1. The van der Waals surface area contributed by atoms with Gasteiger partial charge in [-0.25, -0.2) is 0 Å². The second-order valence-corrected chi connectivity index (χ2v) is 7.51. The lowest BCUT2D eigenvalue weighted by atomic mass is 10.1. The summed E-state index contributed by atoms with van der Waals surface area (Å²) in [5.41, 5.74) is 0. The first-order chi connectivity index (χ1) is 12.3. The average molecular weight is 346 g/mol. The molecule has 25 heavy (non-hydrogen) atoms. The summed E-state index contributed by atoms with van der Waals surface area (Å²) >= 11 is 0. The van der Waals surface area contributed by atoms with Gasteiger partial charge in [0.05, 0.1) is 12.6 Å². The number of nitrogens with one attached hydrogen (secondary N) is 1. The third-order valence-corrected chi connectivity index (χ3v) is 5.56. The minimum atomic E-state index is 0.429. The maximum absolute atomic E-state index is 6.04. The topological polar surface area (TPSA) is 67.6 Å². The molecule has 0 atom stereocenters. The Morgan fingerprint density at radius 3 is 2.76 bits per heavy atom. The van der Waals surface area contributed by atoms with Gasteiger partial charge in [0.1, 0.15) is 5.82 Å². The van der Waals surface area contributed by atoms with E-state index in [2.05, 4.69) is 30.0 Å². The SMILES string of the molecule is CN=C(NCc1nnc2n1CCCC2)N1CCC(OCC2CC2)CC1. The van der Waals surface area contributed by atoms with Crippen molar-refractivity contribution in [1.29, 1.82) is 0 Å². The van der Waals surface area contributed by atoms with Crippen molar-refractivity contribution in [3.8, 4) is 0 Å². The molecule has 0 radical (unpaired) electrons. The number of aliphatic imine (C=N–C) groups is 1. The Bertz CT molecular complexity index is 601. The van der Waals surface area contributed by atoms with E-state index < -0.39 is 0 Å². The number of rotatable bonds is 5. The molecule has 4 rings (SSSR count). The van der Waals surface area contributed by atoms with Gasteiger partial charge in [0.15, 0.2) is 11.8 Å². The van der Waals surface area contributed by atoms with Crippen molar-refractivity contribution in [2.24, 2.45) is 10.9 Å². The van der Waals surface area contributed by atoms with Gasteiger partial charge in [-0.1, -0.05) is 0 Å². The fourth-order valence-corrected chi connectivity index (χ4v) is 3.78. The highest BCUT2D eigenvalue weighted by atomic mass is 16.5. The molecule has 0 amide bonds. The van der Waals surface area contributed by atoms with E-state index in [1.807, 2.05) is 7.05 Å². The third-order valence-electron chi connectivity index (χ3n) is 5.56. The van der Waals surface area contributed by atoms with Crippen molar-refractivity contribution in [2.75, 3.05) is 26.7 Å². The first-order valence-corrected chi connectivity index (χ1v) is 9.81. The maximum Gasteiger partial charge on any atom is 0.194 e. The van der Waals surface area contributed by atoms with Crippen LogP contribution in [0.2, 0.25) is 0 Å². The van der Waals surface area contributed by atoms with E-state index in [-0.39, 0.29) is 0 Å². The summed E-state index contributed by atoms with van der Waals surface area (Å²) in [4.78, 5) is 6.80. The Balaban J connectivity index is 1.26. The quantitative estimate of drug-likeness (QED) is 0.648. The average Bonchev–Trinajstić information content (AvgIpc) is 3.41. The van der Waals surface area contributed by atoms with Crippen LogP contribution in [0.1, 0.15) is 50.2 Å². The Morgan fingerprint density at radius 2 is 2.00 bits per heavy atom. The second kappa shape index (κ2) is 7.72. The Hall–Kier alpha value is -1.63. The van der Waals surface area contributed by atoms with E-state index in [4.69, 9.17) is 4.74 Å². The Kier molecular flexibility index (Phi) is 5.20. The molecule has 7 nitrogen and oxygen atoms in total. The van der Waals surface area contributed by atoms with E-state index >= 15 is 0 Å². The normalized spacial score (nSPS) is 22.1. The lowest BCUT2D eigenvalue weighted by molar-refractivity contribution is 0.0131. The van der Waals surface area contributed by atoms with Gasteiger partial charge in [0, 0.05) is 39.7 Å². The predicted molar refractivity (Wildman–Crippen MR) is 96.4 cm³/mol. The lowest BCUT2D eigenvalue weighted by Crippen LogP contribution is -2.47. The minimum absolute atomic E-state index is 0.429. The van der Waals surface area contributed by atoms with Gasteiger partial charge < -0.3 is 19.5 Å². The molecule has 0 spiro atoms. The summed E-state index contributed by atoms with van der Waals surface area (Å²) in [5.74, 6) is 3.97. The first kappa shape index (κ1) is 16.8. The second-order valence-electron chi connectivity index (χ2n) is 7.51. The van der Waals surface area contributed by atoms with Crippen LogP contribution in [-0.4, -0.2) is 58.5 Å². The van der Waals surface area contributed by atoms with Gasteiger partial charge in [0.2, 0.25) is 0 Å². The summed E-state index contributed by atoms with van der Waals surface area (Å²) in [6, 6.07) is 0. The van der Waals surface area contributed by atoms with Crippen LogP contribution in [0.3, 0.4) is 0 Å². The van der Waals surface area contributed by atoms with E-state index in [1.54, 1.807) is 0 Å². The van der Waals surface area contributed by atoms with E-state index in [0.717, 1.165) is 69.0 Å². The molecule has 2 fully saturated rings. The van der Waals surface area contributed by atoms with Gasteiger partial charge in [-0.3, -0.25) is 4.99 Å². The van der Waals surface area contributed by atoms with Crippen LogP contribution >= 0.6 is 0 Å². The van der Waals surface area contributed by atoms with Crippen LogP contribution < -0.4 is 5.32 Å². The smallest absolute Gasteiger partial charge is 0.194 e. The highest BCUT2D eigenvalue weighted by molar-refractivity contribution is 5.79. The molecule has 138 valence electrons. The van der Waals surface area contributed by atoms with E-state index in [0.29, 0.717) is 12.6 Å². The molecule has 1 aliphatic carbocycles. The molecule has 0 aromatic carbocycles. The van der Waals surface area contributed by atoms with E-state index in [1.165, 1.54) is 25.7 Å². The number of nitrogens with zero attached hydrogens (tertiary/aromatic N) is 5. The number of piperidine rings is 1. The van der Waals surface area contributed by atoms with Crippen molar-refractivity contribution < 1.29 is 4.74 Å². The minimum Gasteiger partial charge on any atom is -0.378 e.